The third-order valence-corrected chi connectivity index (χ3v) is 5.78. The van der Waals surface area contributed by atoms with Crippen molar-refractivity contribution < 1.29 is 19.7 Å². The van der Waals surface area contributed by atoms with Crippen molar-refractivity contribution in [1.82, 2.24) is 9.97 Å². The summed E-state index contributed by atoms with van der Waals surface area (Å²) in [4.78, 5) is 7.84. The molecule has 0 bridgehead atoms. The molecule has 2 aromatic carbocycles. The number of aromatic amines is 1. The summed E-state index contributed by atoms with van der Waals surface area (Å²) in [5, 5.41) is 19.9. The van der Waals surface area contributed by atoms with Crippen molar-refractivity contribution in [3.05, 3.63) is 71.8 Å². The van der Waals surface area contributed by atoms with E-state index in [4.69, 9.17) is 26.1 Å². The van der Waals surface area contributed by atoms with Gasteiger partial charge in [-0.1, -0.05) is 66.2 Å². The minimum Gasteiger partial charge on any atom is -0.470 e. The second-order valence-corrected chi connectivity index (χ2v) is 7.94. The van der Waals surface area contributed by atoms with Crippen LogP contribution in [0.5, 0.6) is 5.88 Å². The first-order valence-electron chi connectivity index (χ1n) is 10.0. The zero-order chi connectivity index (χ0) is 21.4. The van der Waals surface area contributed by atoms with Crippen LogP contribution in [-0.2, 0) is 4.74 Å². The summed E-state index contributed by atoms with van der Waals surface area (Å²) in [5.74, 6) is 0.460. The van der Waals surface area contributed by atoms with E-state index in [2.05, 4.69) is 29.2 Å². The predicted octanol–water partition coefficient (Wildman–Crippen LogP) is 4.05. The number of nitrogens with zero attached hydrogens (tertiary/aromatic N) is 1. The molecule has 1 saturated heterocycles. The van der Waals surface area contributed by atoms with Crippen LogP contribution in [0.25, 0.3) is 33.4 Å². The van der Waals surface area contributed by atoms with Gasteiger partial charge in [0.2, 0.25) is 0 Å². The number of aliphatic hydroxyl groups excluding tert-OH is 2. The summed E-state index contributed by atoms with van der Waals surface area (Å²) in [7, 11) is 0. The van der Waals surface area contributed by atoms with Crippen molar-refractivity contribution in [3.63, 3.8) is 0 Å². The van der Waals surface area contributed by atoms with E-state index in [0.29, 0.717) is 22.1 Å². The number of hydrogen-bond acceptors (Lipinski definition) is 5. The van der Waals surface area contributed by atoms with E-state index in [1.165, 1.54) is 0 Å². The van der Waals surface area contributed by atoms with Gasteiger partial charge in [-0.3, -0.25) is 0 Å². The number of aromatic nitrogens is 2. The molecular weight excluding hydrogens is 416 g/mol. The predicted molar refractivity (Wildman–Crippen MR) is 119 cm³/mol. The molecule has 4 aromatic rings. The van der Waals surface area contributed by atoms with Gasteiger partial charge >= 0.3 is 0 Å². The molecule has 3 heterocycles. The van der Waals surface area contributed by atoms with Crippen molar-refractivity contribution in [2.75, 3.05) is 13.2 Å². The zero-order valence-electron chi connectivity index (χ0n) is 16.5. The summed E-state index contributed by atoms with van der Waals surface area (Å²) in [6, 6.07) is 21.9. The normalized spacial score (nSPS) is 20.9. The third kappa shape index (κ3) is 3.91. The lowest BCUT2D eigenvalue weighted by Gasteiger charge is -2.16. The summed E-state index contributed by atoms with van der Waals surface area (Å²) in [5.41, 5.74) is 5.31. The Bertz CT molecular complexity index is 1190. The van der Waals surface area contributed by atoms with E-state index in [9.17, 15) is 10.2 Å². The maximum absolute atomic E-state index is 10.2. The smallest absolute Gasteiger partial charge is 0.193 e. The van der Waals surface area contributed by atoms with E-state index in [1.54, 1.807) is 6.07 Å². The average Bonchev–Trinajstić information content (AvgIpc) is 3.36. The minimum absolute atomic E-state index is 0.203. The van der Waals surface area contributed by atoms with E-state index < -0.39 is 18.3 Å². The van der Waals surface area contributed by atoms with Crippen LogP contribution >= 0.6 is 11.6 Å². The Morgan fingerprint density at radius 1 is 1.03 bits per heavy atom. The second kappa shape index (κ2) is 8.32. The first kappa shape index (κ1) is 20.0. The van der Waals surface area contributed by atoms with Gasteiger partial charge < -0.3 is 24.7 Å². The maximum atomic E-state index is 10.2. The number of benzene rings is 2. The monoisotopic (exact) mass is 436 g/mol. The maximum Gasteiger partial charge on any atom is 0.193 e. The number of halogens is 1. The molecule has 1 fully saturated rings. The Morgan fingerprint density at radius 3 is 2.45 bits per heavy atom. The van der Waals surface area contributed by atoms with Crippen molar-refractivity contribution >= 4 is 22.6 Å². The fraction of sp³-hybridized carbons (Fsp3) is 0.208. The molecule has 5 rings (SSSR count). The molecule has 1 aliphatic heterocycles. The molecule has 6 nitrogen and oxygen atoms in total. The first-order chi connectivity index (χ1) is 15.1. The molecule has 0 aliphatic carbocycles. The number of nitrogens with one attached hydrogen (secondary N) is 1. The van der Waals surface area contributed by atoms with E-state index in [0.717, 1.165) is 22.2 Å². The zero-order valence-corrected chi connectivity index (χ0v) is 17.3. The van der Waals surface area contributed by atoms with Crippen molar-refractivity contribution in [2.24, 2.45) is 0 Å². The molecule has 3 atom stereocenters. The first-order valence-corrected chi connectivity index (χ1v) is 10.4. The van der Waals surface area contributed by atoms with Crippen LogP contribution in [0.4, 0.5) is 0 Å². The Hall–Kier alpha value is -2.90. The highest BCUT2D eigenvalue weighted by atomic mass is 35.5. The van der Waals surface area contributed by atoms with E-state index in [-0.39, 0.29) is 13.2 Å². The summed E-state index contributed by atoms with van der Waals surface area (Å²) < 4.78 is 11.2. The molecule has 1 aliphatic rings. The molecule has 0 radical (unpaired) electrons. The summed E-state index contributed by atoms with van der Waals surface area (Å²) >= 11 is 6.52. The van der Waals surface area contributed by atoms with Gasteiger partial charge in [-0.05, 0) is 17.2 Å². The Morgan fingerprint density at radius 2 is 1.74 bits per heavy atom. The lowest BCUT2D eigenvalue weighted by Crippen LogP contribution is -2.35. The molecule has 0 amide bonds. The summed E-state index contributed by atoms with van der Waals surface area (Å²) in [6.45, 7) is -0.0493. The third-order valence-electron chi connectivity index (χ3n) is 5.49. The second-order valence-electron chi connectivity index (χ2n) is 7.53. The van der Waals surface area contributed by atoms with Crippen molar-refractivity contribution in [3.8, 4) is 28.3 Å². The van der Waals surface area contributed by atoms with Gasteiger partial charge in [0, 0.05) is 11.6 Å². The lowest BCUT2D eigenvalue weighted by atomic mass is 10.0. The van der Waals surface area contributed by atoms with Crippen molar-refractivity contribution in [1.29, 1.82) is 0 Å². The van der Waals surface area contributed by atoms with Gasteiger partial charge in [0.15, 0.2) is 12.0 Å². The molecular formula is C24H21ClN2O4. The Labute approximate surface area is 184 Å². The summed E-state index contributed by atoms with van der Waals surface area (Å²) in [6.07, 6.45) is -2.09. The van der Waals surface area contributed by atoms with Crippen LogP contribution in [0, 0.1) is 0 Å². The molecule has 158 valence electrons. The lowest BCUT2D eigenvalue weighted by molar-refractivity contribution is -0.00355. The fourth-order valence-electron chi connectivity index (χ4n) is 3.81. The fourth-order valence-corrected chi connectivity index (χ4v) is 4.07. The number of H-pyrrole nitrogens is 1. The minimum atomic E-state index is -0.897. The van der Waals surface area contributed by atoms with Gasteiger partial charge in [-0.2, -0.15) is 0 Å². The van der Waals surface area contributed by atoms with Gasteiger partial charge in [0.25, 0.3) is 0 Å². The number of hydrogen-bond donors (Lipinski definition) is 3. The van der Waals surface area contributed by atoms with Gasteiger partial charge in [-0.15, -0.1) is 0 Å². The largest absolute Gasteiger partial charge is 0.470 e. The van der Waals surface area contributed by atoms with Gasteiger partial charge in [0.05, 0.1) is 35.0 Å². The highest BCUT2D eigenvalue weighted by molar-refractivity contribution is 6.33. The quantitative estimate of drug-likeness (QED) is 0.439. The van der Waals surface area contributed by atoms with Crippen LogP contribution in [-0.4, -0.2) is 51.7 Å². The van der Waals surface area contributed by atoms with Crippen LogP contribution in [0.3, 0.4) is 0 Å². The van der Waals surface area contributed by atoms with Crippen LogP contribution in [0.1, 0.15) is 0 Å². The van der Waals surface area contributed by atoms with Crippen molar-refractivity contribution in [2.45, 2.75) is 18.3 Å². The number of ether oxygens (including phenoxy) is 2. The number of aliphatic hydroxyl groups is 2. The van der Waals surface area contributed by atoms with Gasteiger partial charge in [0.1, 0.15) is 12.2 Å². The molecule has 3 N–H and O–H groups in total. The highest BCUT2D eigenvalue weighted by Gasteiger charge is 2.37. The van der Waals surface area contributed by atoms with E-state index in [1.807, 2.05) is 36.4 Å². The van der Waals surface area contributed by atoms with Crippen LogP contribution in [0.2, 0.25) is 5.02 Å². The molecule has 7 heteroatoms. The number of rotatable bonds is 5. The molecule has 31 heavy (non-hydrogen) atoms. The van der Waals surface area contributed by atoms with E-state index >= 15 is 0 Å². The van der Waals surface area contributed by atoms with Gasteiger partial charge in [-0.25, -0.2) is 4.98 Å². The van der Waals surface area contributed by atoms with Crippen LogP contribution in [0.15, 0.2) is 66.7 Å². The average molecular weight is 437 g/mol. The Balaban J connectivity index is 1.41. The standard InChI is InChI=1S/C24H21ClN2O4/c25-17-10-18-19(11-22(26-18)31-21-13-30-20(12-28)24(21)29)27-23(17)16-8-6-15(7-9-16)14-4-2-1-3-5-14/h1-11,20-21,24,26,28-29H,12-13H2/t20-,21-,24-/m1/s1. The Kier molecular flexibility index (Phi) is 5.38. The SMILES string of the molecule is OC[C@H]1OC[C@@H](Oc2cc3nc(-c4ccc(-c5ccccc5)cc4)c(Cl)cc3[nH]2)[C@@H]1O. The molecule has 0 unspecified atom stereocenters. The molecule has 0 spiro atoms. The van der Waals surface area contributed by atoms with Crippen LogP contribution < -0.4 is 4.74 Å². The highest BCUT2D eigenvalue weighted by Crippen LogP contribution is 2.32. The topological polar surface area (TPSA) is 87.6 Å². The number of fused-ring (bicyclic) bond motifs is 1. The number of pyridine rings is 1. The molecule has 0 saturated carbocycles. The molecule has 2 aromatic heterocycles.